The van der Waals surface area contributed by atoms with E-state index >= 15 is 0 Å². The van der Waals surface area contributed by atoms with Crippen LogP contribution in [0.2, 0.25) is 0 Å². The summed E-state index contributed by atoms with van der Waals surface area (Å²) in [6.07, 6.45) is 0.765. The Kier molecular flexibility index (Phi) is 4.53. The molecule has 2 aromatic rings. The number of aryl methyl sites for hydroxylation is 1. The Morgan fingerprint density at radius 1 is 1.10 bits per heavy atom. The minimum Gasteiger partial charge on any atom is -0.478 e. The summed E-state index contributed by atoms with van der Waals surface area (Å²) in [6, 6.07) is 14.3. The van der Waals surface area contributed by atoms with Gasteiger partial charge in [0.15, 0.2) is 5.78 Å². The van der Waals surface area contributed by atoms with E-state index < -0.39 is 11.9 Å². The Morgan fingerprint density at radius 2 is 1.76 bits per heavy atom. The number of carboxylic acid groups (broad SMARTS) is 1. The van der Waals surface area contributed by atoms with E-state index in [1.165, 1.54) is 0 Å². The van der Waals surface area contributed by atoms with E-state index in [1.54, 1.807) is 43.3 Å². The van der Waals surface area contributed by atoms with Crippen molar-refractivity contribution in [2.45, 2.75) is 26.2 Å². The zero-order chi connectivity index (χ0) is 15.4. The second-order valence-electron chi connectivity index (χ2n) is 5.03. The number of hydrogen-bond acceptors (Lipinski definition) is 2. The highest BCUT2D eigenvalue weighted by atomic mass is 16.4. The van der Waals surface area contributed by atoms with Crippen molar-refractivity contribution >= 4 is 11.8 Å². The maximum absolute atomic E-state index is 12.5. The Hall–Kier alpha value is -2.42. The number of carboxylic acids is 1. The van der Waals surface area contributed by atoms with Crippen LogP contribution in [0.3, 0.4) is 0 Å². The molecule has 2 aromatic carbocycles. The van der Waals surface area contributed by atoms with Crippen molar-refractivity contribution < 1.29 is 14.7 Å². The van der Waals surface area contributed by atoms with Gasteiger partial charge in [0.25, 0.3) is 0 Å². The fourth-order valence-electron chi connectivity index (χ4n) is 2.38. The largest absolute Gasteiger partial charge is 0.478 e. The number of rotatable bonds is 5. The van der Waals surface area contributed by atoms with Crippen LogP contribution >= 0.6 is 0 Å². The topological polar surface area (TPSA) is 54.4 Å². The SMILES string of the molecule is CCc1ccc(C(C)C(=O)c2ccccc2)c(C(=O)O)c1. The average Bonchev–Trinajstić information content (AvgIpc) is 2.53. The first-order chi connectivity index (χ1) is 10.0. The molecule has 0 amide bonds. The van der Waals surface area contributed by atoms with Crippen LogP contribution in [0.25, 0.3) is 0 Å². The minimum absolute atomic E-state index is 0.0673. The van der Waals surface area contributed by atoms with Crippen LogP contribution in [-0.4, -0.2) is 16.9 Å². The molecule has 1 atom stereocenters. The van der Waals surface area contributed by atoms with E-state index in [0.717, 1.165) is 12.0 Å². The Balaban J connectivity index is 2.41. The van der Waals surface area contributed by atoms with Gasteiger partial charge in [0.05, 0.1) is 5.56 Å². The molecule has 3 nitrogen and oxygen atoms in total. The molecule has 0 fully saturated rings. The van der Waals surface area contributed by atoms with E-state index in [-0.39, 0.29) is 11.3 Å². The third-order valence-electron chi connectivity index (χ3n) is 3.67. The second kappa shape index (κ2) is 6.35. The Bertz CT molecular complexity index is 659. The summed E-state index contributed by atoms with van der Waals surface area (Å²) in [7, 11) is 0. The standard InChI is InChI=1S/C18H18O3/c1-3-13-9-10-15(16(11-13)18(20)21)12(2)17(19)14-7-5-4-6-8-14/h4-12H,3H2,1-2H3,(H,20,21). The van der Waals surface area contributed by atoms with Crippen LogP contribution in [-0.2, 0) is 6.42 Å². The molecule has 0 aliphatic heterocycles. The molecular weight excluding hydrogens is 264 g/mol. The van der Waals surface area contributed by atoms with Crippen LogP contribution in [0.5, 0.6) is 0 Å². The van der Waals surface area contributed by atoms with Gasteiger partial charge in [-0.05, 0) is 23.6 Å². The molecule has 0 aliphatic carbocycles. The Morgan fingerprint density at radius 3 is 2.33 bits per heavy atom. The number of ketones is 1. The van der Waals surface area contributed by atoms with Crippen molar-refractivity contribution in [2.75, 3.05) is 0 Å². The van der Waals surface area contributed by atoms with E-state index in [0.29, 0.717) is 11.1 Å². The molecule has 0 heterocycles. The number of hydrogen-bond donors (Lipinski definition) is 1. The van der Waals surface area contributed by atoms with Crippen molar-refractivity contribution in [3.8, 4) is 0 Å². The van der Waals surface area contributed by atoms with E-state index in [9.17, 15) is 14.7 Å². The smallest absolute Gasteiger partial charge is 0.335 e. The average molecular weight is 282 g/mol. The van der Waals surface area contributed by atoms with Gasteiger partial charge in [0.2, 0.25) is 0 Å². The van der Waals surface area contributed by atoms with Gasteiger partial charge in [-0.15, -0.1) is 0 Å². The summed E-state index contributed by atoms with van der Waals surface area (Å²) in [5.41, 5.74) is 2.33. The number of aromatic carboxylic acids is 1. The fraction of sp³-hybridized carbons (Fsp3) is 0.222. The number of benzene rings is 2. The van der Waals surface area contributed by atoms with E-state index in [1.807, 2.05) is 19.1 Å². The fourth-order valence-corrected chi connectivity index (χ4v) is 2.38. The molecule has 3 heteroatoms. The van der Waals surface area contributed by atoms with Gasteiger partial charge in [0, 0.05) is 11.5 Å². The molecule has 0 saturated carbocycles. The van der Waals surface area contributed by atoms with Gasteiger partial charge in [0.1, 0.15) is 0 Å². The molecule has 2 rings (SSSR count). The van der Waals surface area contributed by atoms with Gasteiger partial charge < -0.3 is 5.11 Å². The molecule has 0 saturated heterocycles. The first-order valence-corrected chi connectivity index (χ1v) is 7.00. The normalized spacial score (nSPS) is 11.9. The quantitative estimate of drug-likeness (QED) is 0.845. The van der Waals surface area contributed by atoms with Crippen LogP contribution in [0.15, 0.2) is 48.5 Å². The molecule has 1 unspecified atom stereocenters. The van der Waals surface area contributed by atoms with Crippen molar-refractivity contribution in [1.82, 2.24) is 0 Å². The van der Waals surface area contributed by atoms with Crippen molar-refractivity contribution in [3.05, 3.63) is 70.8 Å². The molecular formula is C18H18O3. The molecule has 0 radical (unpaired) electrons. The van der Waals surface area contributed by atoms with Crippen LogP contribution in [0.4, 0.5) is 0 Å². The monoisotopic (exact) mass is 282 g/mol. The zero-order valence-corrected chi connectivity index (χ0v) is 12.2. The zero-order valence-electron chi connectivity index (χ0n) is 12.2. The number of carbonyl (C=O) groups excluding carboxylic acids is 1. The predicted octanol–water partition coefficient (Wildman–Crippen LogP) is 3.93. The highest BCUT2D eigenvalue weighted by molar-refractivity contribution is 6.02. The van der Waals surface area contributed by atoms with Crippen LogP contribution in [0, 0.1) is 0 Å². The van der Waals surface area contributed by atoms with Crippen LogP contribution in [0.1, 0.15) is 51.6 Å². The number of carbonyl (C=O) groups is 2. The van der Waals surface area contributed by atoms with Gasteiger partial charge >= 0.3 is 5.97 Å². The van der Waals surface area contributed by atoms with Gasteiger partial charge in [-0.1, -0.05) is 56.3 Å². The maximum atomic E-state index is 12.5. The summed E-state index contributed by atoms with van der Waals surface area (Å²) >= 11 is 0. The van der Waals surface area contributed by atoms with Gasteiger partial charge in [-0.2, -0.15) is 0 Å². The summed E-state index contributed by atoms with van der Waals surface area (Å²) < 4.78 is 0. The van der Waals surface area contributed by atoms with E-state index in [4.69, 9.17) is 0 Å². The maximum Gasteiger partial charge on any atom is 0.335 e. The molecule has 0 spiro atoms. The summed E-state index contributed by atoms with van der Waals surface area (Å²) in [6.45, 7) is 3.72. The molecule has 0 aliphatic rings. The summed E-state index contributed by atoms with van der Waals surface area (Å²) in [5, 5.41) is 9.38. The lowest BCUT2D eigenvalue weighted by atomic mass is 9.88. The third-order valence-corrected chi connectivity index (χ3v) is 3.67. The minimum atomic E-state index is -0.993. The highest BCUT2D eigenvalue weighted by Crippen LogP contribution is 2.25. The predicted molar refractivity (Wildman–Crippen MR) is 82.0 cm³/mol. The summed E-state index contributed by atoms with van der Waals surface area (Å²) in [5.74, 6) is -1.54. The lowest BCUT2D eigenvalue weighted by Crippen LogP contribution is -2.14. The highest BCUT2D eigenvalue weighted by Gasteiger charge is 2.22. The van der Waals surface area contributed by atoms with E-state index in [2.05, 4.69) is 0 Å². The van der Waals surface area contributed by atoms with Gasteiger partial charge in [-0.3, -0.25) is 4.79 Å². The van der Waals surface area contributed by atoms with Crippen molar-refractivity contribution in [3.63, 3.8) is 0 Å². The van der Waals surface area contributed by atoms with Crippen LogP contribution < -0.4 is 0 Å². The molecule has 0 aromatic heterocycles. The lowest BCUT2D eigenvalue weighted by Gasteiger charge is -2.15. The van der Waals surface area contributed by atoms with Crippen molar-refractivity contribution in [2.24, 2.45) is 0 Å². The Labute approximate surface area is 124 Å². The second-order valence-corrected chi connectivity index (χ2v) is 5.03. The van der Waals surface area contributed by atoms with Gasteiger partial charge in [-0.25, -0.2) is 4.79 Å². The first-order valence-electron chi connectivity index (χ1n) is 7.00. The molecule has 0 bridgehead atoms. The molecule has 1 N–H and O–H groups in total. The third kappa shape index (κ3) is 3.19. The lowest BCUT2D eigenvalue weighted by molar-refractivity contribution is 0.0695. The first kappa shape index (κ1) is 15.0. The summed E-state index contributed by atoms with van der Waals surface area (Å²) in [4.78, 5) is 23.9. The molecule has 21 heavy (non-hydrogen) atoms. The van der Waals surface area contributed by atoms with Crippen molar-refractivity contribution in [1.29, 1.82) is 0 Å². The number of Topliss-reactive ketones (excluding diaryl/α,β-unsaturated/α-hetero) is 1. The molecule has 108 valence electrons.